The Balaban J connectivity index is 2.20. The highest BCUT2D eigenvalue weighted by atomic mass is 32.3. The van der Waals surface area contributed by atoms with Crippen molar-refractivity contribution < 1.29 is 17.1 Å². The van der Waals surface area contributed by atoms with Crippen molar-refractivity contribution in [3.05, 3.63) is 29.3 Å². The molecule has 0 saturated carbocycles. The molecule has 1 aliphatic rings. The first-order chi connectivity index (χ1) is 8.76. The lowest BCUT2D eigenvalue weighted by Gasteiger charge is -2.19. The molecule has 1 aromatic carbocycles. The Morgan fingerprint density at radius 1 is 1.37 bits per heavy atom. The molecule has 1 aliphatic heterocycles. The molecule has 1 saturated heterocycles. The van der Waals surface area contributed by atoms with Gasteiger partial charge in [0.2, 0.25) is 5.91 Å². The van der Waals surface area contributed by atoms with E-state index in [1.54, 1.807) is 4.90 Å². The zero-order chi connectivity index (χ0) is 14.2. The van der Waals surface area contributed by atoms with Gasteiger partial charge in [0.1, 0.15) is 0 Å². The number of carbonyl (C=O) groups is 1. The predicted molar refractivity (Wildman–Crippen MR) is 71.3 cm³/mol. The first-order valence-electron chi connectivity index (χ1n) is 6.06. The second-order valence-electron chi connectivity index (χ2n) is 5.07. The third-order valence-corrected chi connectivity index (χ3v) is 4.15. The molecule has 0 aliphatic carbocycles. The summed E-state index contributed by atoms with van der Waals surface area (Å²) in [5, 5.41) is 0. The molecule has 104 valence electrons. The van der Waals surface area contributed by atoms with Crippen LogP contribution in [0.1, 0.15) is 17.5 Å². The second kappa shape index (κ2) is 4.92. The summed E-state index contributed by atoms with van der Waals surface area (Å²) in [4.78, 5) is 13.5. The van der Waals surface area contributed by atoms with Crippen molar-refractivity contribution in [3.63, 3.8) is 0 Å². The molecule has 19 heavy (non-hydrogen) atoms. The number of hydrogen-bond donors (Lipinski definition) is 0. The minimum Gasteiger partial charge on any atom is -0.312 e. The van der Waals surface area contributed by atoms with Gasteiger partial charge in [-0.15, -0.1) is 3.89 Å². The van der Waals surface area contributed by atoms with E-state index in [9.17, 15) is 17.1 Å². The number of rotatable bonds is 3. The quantitative estimate of drug-likeness (QED) is 0.798. The van der Waals surface area contributed by atoms with E-state index in [1.807, 2.05) is 32.0 Å². The van der Waals surface area contributed by atoms with E-state index in [2.05, 4.69) is 0 Å². The van der Waals surface area contributed by atoms with E-state index in [4.69, 9.17) is 0 Å². The normalized spacial score (nSPS) is 20.1. The van der Waals surface area contributed by atoms with E-state index >= 15 is 0 Å². The largest absolute Gasteiger partial charge is 0.312 e. The van der Waals surface area contributed by atoms with Crippen LogP contribution in [0.25, 0.3) is 0 Å². The van der Waals surface area contributed by atoms with Crippen LogP contribution >= 0.6 is 0 Å². The third kappa shape index (κ3) is 3.32. The molecule has 0 spiro atoms. The van der Waals surface area contributed by atoms with Gasteiger partial charge in [0.05, 0.1) is 5.75 Å². The minimum atomic E-state index is -4.53. The molecule has 0 aromatic heterocycles. The van der Waals surface area contributed by atoms with E-state index in [0.717, 1.165) is 16.8 Å². The van der Waals surface area contributed by atoms with E-state index in [-0.39, 0.29) is 18.9 Å². The molecular formula is C13H16FNO3S. The minimum absolute atomic E-state index is 0.0798. The number of carbonyl (C=O) groups excluding carboxylic acids is 1. The van der Waals surface area contributed by atoms with Gasteiger partial charge in [-0.05, 0) is 25.5 Å². The van der Waals surface area contributed by atoms with Crippen molar-refractivity contribution in [2.24, 2.45) is 5.92 Å². The average molecular weight is 285 g/mol. The Labute approximate surface area is 112 Å². The number of amides is 1. The van der Waals surface area contributed by atoms with Crippen LogP contribution in [-0.4, -0.2) is 26.6 Å². The van der Waals surface area contributed by atoms with Crippen molar-refractivity contribution in [3.8, 4) is 0 Å². The van der Waals surface area contributed by atoms with Gasteiger partial charge in [-0.1, -0.05) is 17.7 Å². The number of benzene rings is 1. The number of nitrogens with zero attached hydrogens (tertiary/aromatic N) is 1. The van der Waals surface area contributed by atoms with Crippen molar-refractivity contribution in [2.45, 2.75) is 20.3 Å². The summed E-state index contributed by atoms with van der Waals surface area (Å²) in [5.74, 6) is -1.20. The lowest BCUT2D eigenvalue weighted by atomic mass is 10.1. The highest BCUT2D eigenvalue weighted by Crippen LogP contribution is 2.29. The van der Waals surface area contributed by atoms with Crippen molar-refractivity contribution in [2.75, 3.05) is 17.2 Å². The monoisotopic (exact) mass is 285 g/mol. The Kier molecular flexibility index (Phi) is 3.62. The number of aryl methyl sites for hydroxylation is 2. The SMILES string of the molecule is Cc1ccc(N2CC(CS(=O)(=O)F)CC2=O)c(C)c1. The number of halogens is 1. The summed E-state index contributed by atoms with van der Waals surface area (Å²) in [7, 11) is -4.53. The molecule has 1 heterocycles. The maximum absolute atomic E-state index is 12.7. The molecule has 2 rings (SSSR count). The molecule has 6 heteroatoms. The number of anilines is 1. The Morgan fingerprint density at radius 3 is 2.63 bits per heavy atom. The summed E-state index contributed by atoms with van der Waals surface area (Å²) in [6.45, 7) is 4.11. The topological polar surface area (TPSA) is 54.5 Å². The van der Waals surface area contributed by atoms with Crippen LogP contribution in [-0.2, 0) is 15.0 Å². The van der Waals surface area contributed by atoms with Crippen LogP contribution in [0.3, 0.4) is 0 Å². The molecule has 1 fully saturated rings. The smallest absolute Gasteiger partial charge is 0.302 e. The van der Waals surface area contributed by atoms with Gasteiger partial charge < -0.3 is 4.90 Å². The average Bonchev–Trinajstić information content (AvgIpc) is 2.56. The van der Waals surface area contributed by atoms with E-state index in [0.29, 0.717) is 0 Å². The second-order valence-corrected chi connectivity index (χ2v) is 6.48. The van der Waals surface area contributed by atoms with E-state index < -0.39 is 21.9 Å². The molecule has 4 nitrogen and oxygen atoms in total. The van der Waals surface area contributed by atoms with Crippen molar-refractivity contribution in [1.29, 1.82) is 0 Å². The highest BCUT2D eigenvalue weighted by Gasteiger charge is 2.34. The highest BCUT2D eigenvalue weighted by molar-refractivity contribution is 7.86. The third-order valence-electron chi connectivity index (χ3n) is 3.28. The maximum atomic E-state index is 12.7. The van der Waals surface area contributed by atoms with Gasteiger partial charge in [-0.3, -0.25) is 4.79 Å². The molecule has 1 atom stereocenters. The van der Waals surface area contributed by atoms with Crippen molar-refractivity contribution in [1.82, 2.24) is 0 Å². The zero-order valence-electron chi connectivity index (χ0n) is 10.9. The maximum Gasteiger partial charge on any atom is 0.302 e. The van der Waals surface area contributed by atoms with Crippen LogP contribution < -0.4 is 4.90 Å². The van der Waals surface area contributed by atoms with Gasteiger partial charge in [0, 0.05) is 24.6 Å². The van der Waals surface area contributed by atoms with Gasteiger partial charge in [0.15, 0.2) is 0 Å². The van der Waals surface area contributed by atoms with Gasteiger partial charge in [-0.2, -0.15) is 8.42 Å². The van der Waals surface area contributed by atoms with Crippen LogP contribution in [0.2, 0.25) is 0 Å². The first kappa shape index (κ1) is 14.0. The summed E-state index contributed by atoms with van der Waals surface area (Å²) < 4.78 is 34.0. The molecule has 0 radical (unpaired) electrons. The van der Waals surface area contributed by atoms with Crippen LogP contribution in [0, 0.1) is 19.8 Å². The van der Waals surface area contributed by atoms with Gasteiger partial charge >= 0.3 is 10.2 Å². The van der Waals surface area contributed by atoms with Crippen molar-refractivity contribution >= 4 is 21.8 Å². The lowest BCUT2D eigenvalue weighted by molar-refractivity contribution is -0.117. The fourth-order valence-corrected chi connectivity index (χ4v) is 3.30. The first-order valence-corrected chi connectivity index (χ1v) is 7.61. The summed E-state index contributed by atoms with van der Waals surface area (Å²) in [6, 6.07) is 5.70. The molecule has 1 amide bonds. The molecular weight excluding hydrogens is 269 g/mol. The fourth-order valence-electron chi connectivity index (χ4n) is 2.52. The van der Waals surface area contributed by atoms with Gasteiger partial charge in [0.25, 0.3) is 0 Å². The molecule has 1 aromatic rings. The molecule has 0 bridgehead atoms. The Bertz CT molecular complexity index is 612. The Hall–Kier alpha value is -1.43. The van der Waals surface area contributed by atoms with Crippen LogP contribution in [0.5, 0.6) is 0 Å². The summed E-state index contributed by atoms with van der Waals surface area (Å²) in [5.41, 5.74) is 2.82. The summed E-state index contributed by atoms with van der Waals surface area (Å²) >= 11 is 0. The van der Waals surface area contributed by atoms with E-state index in [1.165, 1.54) is 0 Å². The van der Waals surface area contributed by atoms with Crippen LogP contribution in [0.4, 0.5) is 9.57 Å². The standard InChI is InChI=1S/C13H16FNO3S/c1-9-3-4-12(10(2)5-9)15-7-11(6-13(15)16)8-19(14,17)18/h3-5,11H,6-8H2,1-2H3. The summed E-state index contributed by atoms with van der Waals surface area (Å²) in [6.07, 6.45) is 0.0798. The molecule has 0 N–H and O–H groups in total. The zero-order valence-corrected chi connectivity index (χ0v) is 11.7. The number of hydrogen-bond acceptors (Lipinski definition) is 3. The van der Waals surface area contributed by atoms with Gasteiger partial charge in [-0.25, -0.2) is 0 Å². The predicted octanol–water partition coefficient (Wildman–Crippen LogP) is 1.96. The fraction of sp³-hybridized carbons (Fsp3) is 0.462. The van der Waals surface area contributed by atoms with Crippen LogP contribution in [0.15, 0.2) is 18.2 Å². The Morgan fingerprint density at radius 2 is 2.05 bits per heavy atom. The molecule has 1 unspecified atom stereocenters. The lowest BCUT2D eigenvalue weighted by Crippen LogP contribution is -2.26.